The molecule has 6 nitrogen and oxygen atoms in total. The largest absolute Gasteiger partial charge is 0.481 e. The number of aryl methyl sites for hydroxylation is 1. The molecule has 0 aliphatic rings. The first-order valence-corrected chi connectivity index (χ1v) is 5.48. The number of aromatic amines is 1. The van der Waals surface area contributed by atoms with Gasteiger partial charge in [0, 0.05) is 30.1 Å². The Bertz CT molecular complexity index is 533. The Labute approximate surface area is 104 Å². The van der Waals surface area contributed by atoms with E-state index in [9.17, 15) is 4.79 Å². The highest BCUT2D eigenvalue weighted by molar-refractivity contribution is 5.93. The molecule has 0 aliphatic heterocycles. The van der Waals surface area contributed by atoms with E-state index < -0.39 is 0 Å². The summed E-state index contributed by atoms with van der Waals surface area (Å²) in [6, 6.07) is 3.32. The maximum absolute atomic E-state index is 11.8. The second kappa shape index (κ2) is 5.31. The van der Waals surface area contributed by atoms with Crippen LogP contribution >= 0.6 is 0 Å². The van der Waals surface area contributed by atoms with Gasteiger partial charge in [0.2, 0.25) is 5.88 Å². The number of nitrogens with zero attached hydrogens (tertiary/aromatic N) is 2. The van der Waals surface area contributed by atoms with E-state index in [1.165, 1.54) is 13.3 Å². The lowest BCUT2D eigenvalue weighted by Gasteiger charge is -2.04. The van der Waals surface area contributed by atoms with Gasteiger partial charge in [-0.25, -0.2) is 4.98 Å². The van der Waals surface area contributed by atoms with Crippen molar-refractivity contribution in [3.8, 4) is 5.88 Å². The Morgan fingerprint density at radius 1 is 1.44 bits per heavy atom. The summed E-state index contributed by atoms with van der Waals surface area (Å²) in [6.45, 7) is 2.34. The van der Waals surface area contributed by atoms with Crippen LogP contribution in [0.1, 0.15) is 21.6 Å². The highest BCUT2D eigenvalue weighted by Crippen LogP contribution is 2.07. The van der Waals surface area contributed by atoms with Gasteiger partial charge in [0.15, 0.2) is 0 Å². The quantitative estimate of drug-likeness (QED) is 0.845. The first-order chi connectivity index (χ1) is 8.70. The Balaban J connectivity index is 1.97. The van der Waals surface area contributed by atoms with E-state index in [4.69, 9.17) is 4.74 Å². The molecule has 2 rings (SSSR count). The monoisotopic (exact) mass is 246 g/mol. The minimum absolute atomic E-state index is 0.175. The van der Waals surface area contributed by atoms with Crippen LogP contribution in [0.4, 0.5) is 0 Å². The molecule has 2 heterocycles. The third kappa shape index (κ3) is 2.65. The Hall–Kier alpha value is -2.37. The molecule has 6 heteroatoms. The summed E-state index contributed by atoms with van der Waals surface area (Å²) in [7, 11) is 1.53. The van der Waals surface area contributed by atoms with Gasteiger partial charge in [-0.1, -0.05) is 0 Å². The Kier molecular flexibility index (Phi) is 3.57. The van der Waals surface area contributed by atoms with E-state index in [0.717, 1.165) is 11.3 Å². The normalized spacial score (nSPS) is 10.1. The molecule has 2 aromatic heterocycles. The summed E-state index contributed by atoms with van der Waals surface area (Å²) >= 11 is 0. The van der Waals surface area contributed by atoms with Crippen molar-refractivity contribution in [2.75, 3.05) is 7.11 Å². The number of ether oxygens (including phenoxy) is 1. The number of carbonyl (C=O) groups is 1. The number of hydrogen-bond acceptors (Lipinski definition) is 4. The fourth-order valence-corrected chi connectivity index (χ4v) is 1.47. The van der Waals surface area contributed by atoms with Gasteiger partial charge in [-0.2, -0.15) is 5.10 Å². The molecule has 0 radical (unpaired) electrons. The SMILES string of the molecule is COc1ccc(C(=O)NCc2cn[nH]c2C)cn1. The van der Waals surface area contributed by atoms with Gasteiger partial charge in [-0.3, -0.25) is 9.89 Å². The minimum Gasteiger partial charge on any atom is -0.481 e. The number of methoxy groups -OCH3 is 1. The number of H-pyrrole nitrogens is 1. The summed E-state index contributed by atoms with van der Waals surface area (Å²) in [6.07, 6.45) is 3.18. The van der Waals surface area contributed by atoms with Crippen molar-refractivity contribution in [1.29, 1.82) is 0 Å². The van der Waals surface area contributed by atoms with Gasteiger partial charge >= 0.3 is 0 Å². The standard InChI is InChI=1S/C12H14N4O2/c1-8-10(7-15-16-8)6-14-12(17)9-3-4-11(18-2)13-5-9/h3-5,7H,6H2,1-2H3,(H,14,17)(H,15,16). The number of rotatable bonds is 4. The number of aromatic nitrogens is 3. The van der Waals surface area contributed by atoms with Crippen LogP contribution in [-0.2, 0) is 6.54 Å². The van der Waals surface area contributed by atoms with Gasteiger partial charge in [-0.05, 0) is 13.0 Å². The van der Waals surface area contributed by atoms with Crippen LogP contribution in [-0.4, -0.2) is 28.2 Å². The minimum atomic E-state index is -0.175. The van der Waals surface area contributed by atoms with E-state index in [1.54, 1.807) is 18.3 Å². The zero-order valence-corrected chi connectivity index (χ0v) is 10.2. The zero-order chi connectivity index (χ0) is 13.0. The summed E-state index contributed by atoms with van der Waals surface area (Å²) in [5.41, 5.74) is 2.41. The molecule has 2 aromatic rings. The van der Waals surface area contributed by atoms with Crippen LogP contribution in [0.5, 0.6) is 5.88 Å². The van der Waals surface area contributed by atoms with E-state index in [-0.39, 0.29) is 5.91 Å². The fourth-order valence-electron chi connectivity index (χ4n) is 1.47. The first kappa shape index (κ1) is 12.1. The molecule has 0 spiro atoms. The second-order valence-corrected chi connectivity index (χ2v) is 3.79. The van der Waals surface area contributed by atoms with Crippen molar-refractivity contribution >= 4 is 5.91 Å². The number of carbonyl (C=O) groups excluding carboxylic acids is 1. The smallest absolute Gasteiger partial charge is 0.253 e. The van der Waals surface area contributed by atoms with Gasteiger partial charge in [-0.15, -0.1) is 0 Å². The van der Waals surface area contributed by atoms with E-state index in [2.05, 4.69) is 20.5 Å². The molecule has 0 atom stereocenters. The number of pyridine rings is 1. The lowest BCUT2D eigenvalue weighted by molar-refractivity contribution is 0.0950. The molecule has 2 N–H and O–H groups in total. The van der Waals surface area contributed by atoms with Crippen molar-refractivity contribution in [2.45, 2.75) is 13.5 Å². The van der Waals surface area contributed by atoms with Crippen LogP contribution in [0.2, 0.25) is 0 Å². The average molecular weight is 246 g/mol. The lowest BCUT2D eigenvalue weighted by Crippen LogP contribution is -2.23. The predicted molar refractivity (Wildman–Crippen MR) is 65.3 cm³/mol. The molecule has 0 bridgehead atoms. The molecule has 0 aliphatic carbocycles. The number of hydrogen-bond donors (Lipinski definition) is 2. The highest BCUT2D eigenvalue weighted by atomic mass is 16.5. The highest BCUT2D eigenvalue weighted by Gasteiger charge is 2.07. The van der Waals surface area contributed by atoms with Crippen molar-refractivity contribution < 1.29 is 9.53 Å². The Morgan fingerprint density at radius 3 is 2.83 bits per heavy atom. The van der Waals surface area contributed by atoms with Gasteiger partial charge in [0.25, 0.3) is 5.91 Å². The van der Waals surface area contributed by atoms with Gasteiger partial charge < -0.3 is 10.1 Å². The van der Waals surface area contributed by atoms with Crippen molar-refractivity contribution in [2.24, 2.45) is 0 Å². The molecule has 0 aromatic carbocycles. The van der Waals surface area contributed by atoms with Gasteiger partial charge in [0.05, 0.1) is 18.9 Å². The van der Waals surface area contributed by atoms with Gasteiger partial charge in [0.1, 0.15) is 0 Å². The summed E-state index contributed by atoms with van der Waals surface area (Å²) < 4.78 is 4.93. The third-order valence-corrected chi connectivity index (χ3v) is 2.58. The van der Waals surface area contributed by atoms with Crippen molar-refractivity contribution in [1.82, 2.24) is 20.5 Å². The summed E-state index contributed by atoms with van der Waals surface area (Å²) in [5, 5.41) is 9.51. The first-order valence-electron chi connectivity index (χ1n) is 5.48. The molecular formula is C12H14N4O2. The molecular weight excluding hydrogens is 232 g/mol. The fraction of sp³-hybridized carbons (Fsp3) is 0.250. The summed E-state index contributed by atoms with van der Waals surface area (Å²) in [5.74, 6) is 0.308. The van der Waals surface area contributed by atoms with Crippen LogP contribution < -0.4 is 10.1 Å². The third-order valence-electron chi connectivity index (χ3n) is 2.58. The molecule has 94 valence electrons. The topological polar surface area (TPSA) is 79.9 Å². The zero-order valence-electron chi connectivity index (χ0n) is 10.2. The Morgan fingerprint density at radius 2 is 2.28 bits per heavy atom. The van der Waals surface area contributed by atoms with E-state index in [1.807, 2.05) is 6.92 Å². The molecule has 0 fully saturated rings. The molecule has 0 saturated carbocycles. The van der Waals surface area contributed by atoms with Crippen LogP contribution in [0, 0.1) is 6.92 Å². The van der Waals surface area contributed by atoms with Crippen LogP contribution in [0.15, 0.2) is 24.5 Å². The molecule has 1 amide bonds. The maximum Gasteiger partial charge on any atom is 0.253 e. The van der Waals surface area contributed by atoms with Crippen molar-refractivity contribution in [3.63, 3.8) is 0 Å². The van der Waals surface area contributed by atoms with E-state index in [0.29, 0.717) is 18.0 Å². The molecule has 0 saturated heterocycles. The maximum atomic E-state index is 11.8. The van der Waals surface area contributed by atoms with Crippen molar-refractivity contribution in [3.05, 3.63) is 41.3 Å². The lowest BCUT2D eigenvalue weighted by atomic mass is 10.2. The molecule has 0 unspecified atom stereocenters. The average Bonchev–Trinajstić information content (AvgIpc) is 2.81. The number of nitrogens with one attached hydrogen (secondary N) is 2. The molecule has 18 heavy (non-hydrogen) atoms. The second-order valence-electron chi connectivity index (χ2n) is 3.79. The number of amides is 1. The van der Waals surface area contributed by atoms with E-state index >= 15 is 0 Å². The summed E-state index contributed by atoms with van der Waals surface area (Å²) in [4.78, 5) is 15.8. The van der Waals surface area contributed by atoms with Crippen LogP contribution in [0.3, 0.4) is 0 Å². The predicted octanol–water partition coefficient (Wildman–Crippen LogP) is 1.05. The van der Waals surface area contributed by atoms with Crippen LogP contribution in [0.25, 0.3) is 0 Å².